The molecule has 0 heterocycles. The van der Waals surface area contributed by atoms with Crippen LogP contribution in [0.5, 0.6) is 17.2 Å². The number of carbonyl (C=O) groups excluding carboxylic acids is 1. The minimum absolute atomic E-state index is 0.213. The van der Waals surface area contributed by atoms with Crippen LogP contribution in [-0.2, 0) is 17.8 Å². The first kappa shape index (κ1) is 26.1. The van der Waals surface area contributed by atoms with E-state index < -0.39 is 0 Å². The Kier molecular flexibility index (Phi) is 9.86. The summed E-state index contributed by atoms with van der Waals surface area (Å²) in [6.07, 6.45) is 1.77. The molecule has 3 aromatic rings. The number of ether oxygens (including phenoxy) is 3. The summed E-state index contributed by atoms with van der Waals surface area (Å²) >= 11 is 14.3. The van der Waals surface area contributed by atoms with Crippen LogP contribution in [0.15, 0.2) is 59.7 Å². The molecule has 0 saturated heterocycles. The van der Waals surface area contributed by atoms with Crippen molar-refractivity contribution in [3.05, 3.63) is 84.9 Å². The number of nitrogens with zero attached hydrogens (tertiary/aromatic N) is 1. The van der Waals surface area contributed by atoms with Crippen molar-refractivity contribution in [2.75, 3.05) is 13.7 Å². The molecule has 0 aliphatic heterocycles. The second-order valence-electron chi connectivity index (χ2n) is 7.11. The molecule has 0 atom stereocenters. The van der Waals surface area contributed by atoms with Gasteiger partial charge in [-0.05, 0) is 77.0 Å². The Labute approximate surface area is 222 Å². The largest absolute Gasteiger partial charge is 0.494 e. The van der Waals surface area contributed by atoms with Crippen LogP contribution < -0.4 is 19.6 Å². The molecule has 178 valence electrons. The Balaban J connectivity index is 1.61. The van der Waals surface area contributed by atoms with E-state index in [1.807, 2.05) is 43.3 Å². The molecule has 0 bridgehead atoms. The topological polar surface area (TPSA) is 69.2 Å². The van der Waals surface area contributed by atoms with Crippen molar-refractivity contribution < 1.29 is 19.0 Å². The Morgan fingerprint density at radius 2 is 1.85 bits per heavy atom. The molecule has 0 saturated carbocycles. The third kappa shape index (κ3) is 7.51. The van der Waals surface area contributed by atoms with E-state index in [2.05, 4.69) is 33.1 Å². The first-order valence-corrected chi connectivity index (χ1v) is 12.2. The summed E-state index contributed by atoms with van der Waals surface area (Å²) in [6, 6.07) is 16.3. The molecule has 34 heavy (non-hydrogen) atoms. The smallest absolute Gasteiger partial charge is 0.244 e. The van der Waals surface area contributed by atoms with Gasteiger partial charge in [0.25, 0.3) is 0 Å². The SMILES string of the molecule is CCOc1ccc(CC(=O)N/N=C/c2cc(I)c(OCc3ccc(Cl)cc3Cl)c(OC)c2)cc1. The average molecular weight is 613 g/mol. The number of nitrogens with one attached hydrogen (secondary N) is 1. The van der Waals surface area contributed by atoms with E-state index in [4.69, 9.17) is 37.4 Å². The lowest BCUT2D eigenvalue weighted by Crippen LogP contribution is -2.19. The van der Waals surface area contributed by atoms with Gasteiger partial charge in [-0.3, -0.25) is 4.79 Å². The number of carbonyl (C=O) groups is 1. The van der Waals surface area contributed by atoms with Gasteiger partial charge in [-0.1, -0.05) is 41.4 Å². The van der Waals surface area contributed by atoms with E-state index in [0.717, 1.165) is 26.0 Å². The maximum absolute atomic E-state index is 12.2. The van der Waals surface area contributed by atoms with Gasteiger partial charge in [0.1, 0.15) is 12.4 Å². The molecule has 1 N–H and O–H groups in total. The summed E-state index contributed by atoms with van der Waals surface area (Å²) < 4.78 is 17.7. The van der Waals surface area contributed by atoms with E-state index in [9.17, 15) is 4.79 Å². The minimum Gasteiger partial charge on any atom is -0.494 e. The highest BCUT2D eigenvalue weighted by Gasteiger charge is 2.13. The van der Waals surface area contributed by atoms with Gasteiger partial charge in [-0.2, -0.15) is 5.10 Å². The van der Waals surface area contributed by atoms with E-state index in [1.165, 1.54) is 0 Å². The monoisotopic (exact) mass is 612 g/mol. The number of amides is 1. The van der Waals surface area contributed by atoms with Crippen LogP contribution in [0.25, 0.3) is 0 Å². The van der Waals surface area contributed by atoms with Crippen molar-refractivity contribution in [2.45, 2.75) is 20.0 Å². The van der Waals surface area contributed by atoms with Gasteiger partial charge in [0.05, 0.1) is 29.9 Å². The molecule has 0 fully saturated rings. The van der Waals surface area contributed by atoms with Crippen molar-refractivity contribution >= 4 is 57.9 Å². The zero-order valence-corrected chi connectivity index (χ0v) is 22.3. The Hall–Kier alpha value is -2.49. The van der Waals surface area contributed by atoms with Crippen LogP contribution in [0.4, 0.5) is 0 Å². The highest BCUT2D eigenvalue weighted by molar-refractivity contribution is 14.1. The summed E-state index contributed by atoms with van der Waals surface area (Å²) in [5.74, 6) is 1.68. The van der Waals surface area contributed by atoms with Gasteiger partial charge in [-0.15, -0.1) is 0 Å². The lowest BCUT2D eigenvalue weighted by molar-refractivity contribution is -0.120. The fraction of sp³-hybridized carbons (Fsp3) is 0.200. The maximum Gasteiger partial charge on any atom is 0.244 e. The number of hydrazone groups is 1. The zero-order valence-electron chi connectivity index (χ0n) is 18.6. The summed E-state index contributed by atoms with van der Waals surface area (Å²) in [6.45, 7) is 2.79. The minimum atomic E-state index is -0.220. The van der Waals surface area contributed by atoms with Crippen LogP contribution in [0.2, 0.25) is 10.0 Å². The third-order valence-electron chi connectivity index (χ3n) is 4.64. The van der Waals surface area contributed by atoms with Crippen molar-refractivity contribution in [3.8, 4) is 17.2 Å². The van der Waals surface area contributed by atoms with Crippen LogP contribution >= 0.6 is 45.8 Å². The Morgan fingerprint density at radius 1 is 1.09 bits per heavy atom. The second-order valence-corrected chi connectivity index (χ2v) is 9.11. The van der Waals surface area contributed by atoms with Gasteiger partial charge >= 0.3 is 0 Å². The normalized spacial score (nSPS) is 10.9. The lowest BCUT2D eigenvalue weighted by atomic mass is 10.1. The molecular weight excluding hydrogens is 590 g/mol. The molecule has 3 aromatic carbocycles. The standard InChI is InChI=1S/C25H23Cl2IN2O4/c1-3-33-20-8-4-16(5-9-20)12-24(31)30-29-14-17-10-22(28)25(23(11-17)32-2)34-15-18-6-7-19(26)13-21(18)27/h4-11,13-14H,3,12,15H2,1-2H3,(H,30,31)/b29-14+. The first-order valence-electron chi connectivity index (χ1n) is 10.4. The number of rotatable bonds is 10. The van der Waals surface area contributed by atoms with Crippen molar-refractivity contribution in [1.29, 1.82) is 0 Å². The first-order chi connectivity index (χ1) is 16.4. The Morgan fingerprint density at radius 3 is 2.53 bits per heavy atom. The van der Waals surface area contributed by atoms with Gasteiger partial charge in [-0.25, -0.2) is 5.43 Å². The summed E-state index contributed by atoms with van der Waals surface area (Å²) in [4.78, 5) is 12.2. The lowest BCUT2D eigenvalue weighted by Gasteiger charge is -2.14. The number of hydrogen-bond donors (Lipinski definition) is 1. The molecule has 3 rings (SSSR count). The average Bonchev–Trinajstić information content (AvgIpc) is 2.80. The van der Waals surface area contributed by atoms with E-state index in [-0.39, 0.29) is 18.9 Å². The van der Waals surface area contributed by atoms with Crippen LogP contribution in [0.1, 0.15) is 23.6 Å². The summed E-state index contributed by atoms with van der Waals surface area (Å²) in [5.41, 5.74) is 4.98. The van der Waals surface area contributed by atoms with Crippen molar-refractivity contribution in [3.63, 3.8) is 0 Å². The fourth-order valence-electron chi connectivity index (χ4n) is 3.02. The van der Waals surface area contributed by atoms with Gasteiger partial charge in [0.15, 0.2) is 11.5 Å². The molecule has 9 heteroatoms. The molecule has 1 amide bonds. The van der Waals surface area contributed by atoms with Crippen LogP contribution in [0.3, 0.4) is 0 Å². The van der Waals surface area contributed by atoms with Crippen LogP contribution in [-0.4, -0.2) is 25.8 Å². The van der Waals surface area contributed by atoms with Gasteiger partial charge in [0, 0.05) is 15.6 Å². The molecule has 6 nitrogen and oxygen atoms in total. The van der Waals surface area contributed by atoms with E-state index in [0.29, 0.717) is 28.2 Å². The molecule has 0 radical (unpaired) electrons. The number of halogens is 3. The summed E-state index contributed by atoms with van der Waals surface area (Å²) in [7, 11) is 1.56. The highest BCUT2D eigenvalue weighted by Crippen LogP contribution is 2.35. The van der Waals surface area contributed by atoms with Crippen molar-refractivity contribution in [1.82, 2.24) is 5.43 Å². The molecule has 0 unspecified atom stereocenters. The maximum atomic E-state index is 12.2. The van der Waals surface area contributed by atoms with E-state index >= 15 is 0 Å². The van der Waals surface area contributed by atoms with E-state index in [1.54, 1.807) is 31.5 Å². The Bertz CT molecular complexity index is 1170. The number of benzene rings is 3. The molecule has 0 aliphatic rings. The second kappa shape index (κ2) is 12.8. The number of hydrogen-bond acceptors (Lipinski definition) is 5. The third-order valence-corrected chi connectivity index (χ3v) is 6.03. The van der Waals surface area contributed by atoms with Crippen molar-refractivity contribution in [2.24, 2.45) is 5.10 Å². The highest BCUT2D eigenvalue weighted by atomic mass is 127. The molecular formula is C25H23Cl2IN2O4. The van der Waals surface area contributed by atoms with Gasteiger partial charge < -0.3 is 14.2 Å². The fourth-order valence-corrected chi connectivity index (χ4v) is 4.26. The number of methoxy groups -OCH3 is 1. The molecule has 0 spiro atoms. The molecule has 0 aliphatic carbocycles. The zero-order chi connectivity index (χ0) is 24.5. The predicted octanol–water partition coefficient (Wildman–Crippen LogP) is 6.28. The van der Waals surface area contributed by atoms with Crippen LogP contribution in [0, 0.1) is 3.57 Å². The molecule has 0 aromatic heterocycles. The van der Waals surface area contributed by atoms with Gasteiger partial charge in [0.2, 0.25) is 5.91 Å². The summed E-state index contributed by atoms with van der Waals surface area (Å²) in [5, 5.41) is 5.16. The quantitative estimate of drug-likeness (QED) is 0.166. The predicted molar refractivity (Wildman–Crippen MR) is 144 cm³/mol.